The first-order chi connectivity index (χ1) is 8.22. The molecule has 0 aliphatic rings. The minimum absolute atomic E-state index is 0.642. The predicted octanol–water partition coefficient (Wildman–Crippen LogP) is 4.24. The first kappa shape index (κ1) is 14.2. The van der Waals surface area contributed by atoms with Crippen molar-refractivity contribution in [1.82, 2.24) is 0 Å². The molecule has 0 spiro atoms. The molecule has 0 heterocycles. The Kier molecular flexibility index (Phi) is 6.95. The Morgan fingerprint density at radius 3 is 2.12 bits per heavy atom. The summed E-state index contributed by atoms with van der Waals surface area (Å²) in [5, 5.41) is 0. The summed E-state index contributed by atoms with van der Waals surface area (Å²) < 4.78 is 5.58. The molecule has 0 aliphatic carbocycles. The summed E-state index contributed by atoms with van der Waals surface area (Å²) in [6.45, 7) is 8.36. The van der Waals surface area contributed by atoms with Crippen LogP contribution in [0.25, 0.3) is 0 Å². The molecule has 1 rings (SSSR count). The van der Waals surface area contributed by atoms with E-state index in [1.54, 1.807) is 0 Å². The van der Waals surface area contributed by atoms with Crippen LogP contribution in [0.2, 0.25) is 0 Å². The maximum atomic E-state index is 5.58. The molecule has 1 aromatic carbocycles. The number of ether oxygens (including phenoxy) is 1. The van der Waals surface area contributed by atoms with E-state index in [0.29, 0.717) is 5.92 Å². The van der Waals surface area contributed by atoms with Crippen molar-refractivity contribution in [1.29, 1.82) is 0 Å². The van der Waals surface area contributed by atoms with E-state index in [1.165, 1.54) is 24.0 Å². The molecule has 0 bridgehead atoms. The van der Waals surface area contributed by atoms with Crippen molar-refractivity contribution in [3.8, 4) is 0 Å². The SMILES string of the molecule is CCCc1ccc(CCCOCC(C)C)cc1. The smallest absolute Gasteiger partial charge is 0.0488 e. The van der Waals surface area contributed by atoms with E-state index in [-0.39, 0.29) is 0 Å². The monoisotopic (exact) mass is 234 g/mol. The van der Waals surface area contributed by atoms with Crippen LogP contribution in [0.4, 0.5) is 0 Å². The molecule has 96 valence electrons. The number of hydrogen-bond donors (Lipinski definition) is 0. The normalized spacial score (nSPS) is 11.1. The fourth-order valence-corrected chi connectivity index (χ4v) is 1.86. The molecule has 0 saturated heterocycles. The van der Waals surface area contributed by atoms with Crippen LogP contribution in [0, 0.1) is 5.92 Å². The Labute approximate surface area is 106 Å². The number of hydrogen-bond acceptors (Lipinski definition) is 1. The molecule has 0 aromatic heterocycles. The van der Waals surface area contributed by atoms with Gasteiger partial charge in [-0.2, -0.15) is 0 Å². The van der Waals surface area contributed by atoms with E-state index in [9.17, 15) is 0 Å². The summed E-state index contributed by atoms with van der Waals surface area (Å²) in [6, 6.07) is 9.03. The molecular formula is C16H26O. The van der Waals surface area contributed by atoms with Gasteiger partial charge in [0.25, 0.3) is 0 Å². The second-order valence-corrected chi connectivity index (χ2v) is 5.14. The van der Waals surface area contributed by atoms with Crippen LogP contribution >= 0.6 is 0 Å². The van der Waals surface area contributed by atoms with Crippen molar-refractivity contribution >= 4 is 0 Å². The third kappa shape index (κ3) is 6.48. The van der Waals surface area contributed by atoms with Crippen molar-refractivity contribution in [3.05, 3.63) is 35.4 Å². The van der Waals surface area contributed by atoms with Gasteiger partial charge in [-0.25, -0.2) is 0 Å². The van der Waals surface area contributed by atoms with Crippen molar-refractivity contribution in [3.63, 3.8) is 0 Å². The zero-order valence-electron chi connectivity index (χ0n) is 11.5. The van der Waals surface area contributed by atoms with Crippen molar-refractivity contribution in [2.75, 3.05) is 13.2 Å². The zero-order chi connectivity index (χ0) is 12.5. The largest absolute Gasteiger partial charge is 0.381 e. The molecular weight excluding hydrogens is 208 g/mol. The van der Waals surface area contributed by atoms with Crippen molar-refractivity contribution in [2.45, 2.75) is 46.5 Å². The van der Waals surface area contributed by atoms with Gasteiger partial charge in [0.15, 0.2) is 0 Å². The summed E-state index contributed by atoms with van der Waals surface area (Å²) in [5.41, 5.74) is 2.88. The molecule has 1 nitrogen and oxygen atoms in total. The van der Waals surface area contributed by atoms with Gasteiger partial charge in [0, 0.05) is 13.2 Å². The highest BCUT2D eigenvalue weighted by Crippen LogP contribution is 2.08. The van der Waals surface area contributed by atoms with Crippen molar-refractivity contribution in [2.24, 2.45) is 5.92 Å². The molecule has 0 N–H and O–H groups in total. The topological polar surface area (TPSA) is 9.23 Å². The van der Waals surface area contributed by atoms with Gasteiger partial charge >= 0.3 is 0 Å². The van der Waals surface area contributed by atoms with Crippen LogP contribution in [-0.4, -0.2) is 13.2 Å². The molecule has 0 radical (unpaired) electrons. The summed E-state index contributed by atoms with van der Waals surface area (Å²) >= 11 is 0. The van der Waals surface area contributed by atoms with E-state index in [1.807, 2.05) is 0 Å². The Morgan fingerprint density at radius 1 is 1.00 bits per heavy atom. The van der Waals surface area contributed by atoms with Gasteiger partial charge in [0.2, 0.25) is 0 Å². The summed E-state index contributed by atoms with van der Waals surface area (Å²) in [5.74, 6) is 0.642. The molecule has 0 unspecified atom stereocenters. The summed E-state index contributed by atoms with van der Waals surface area (Å²) in [6.07, 6.45) is 4.67. The fraction of sp³-hybridized carbons (Fsp3) is 0.625. The average molecular weight is 234 g/mol. The van der Waals surface area contributed by atoms with E-state index in [0.717, 1.165) is 26.1 Å². The molecule has 0 fully saturated rings. The second kappa shape index (κ2) is 8.30. The highest BCUT2D eigenvalue weighted by Gasteiger charge is 1.96. The zero-order valence-corrected chi connectivity index (χ0v) is 11.5. The van der Waals surface area contributed by atoms with E-state index in [2.05, 4.69) is 45.0 Å². The lowest BCUT2D eigenvalue weighted by atomic mass is 10.1. The van der Waals surface area contributed by atoms with E-state index >= 15 is 0 Å². The maximum Gasteiger partial charge on any atom is 0.0488 e. The third-order valence-electron chi connectivity index (χ3n) is 2.77. The highest BCUT2D eigenvalue weighted by atomic mass is 16.5. The van der Waals surface area contributed by atoms with Gasteiger partial charge < -0.3 is 4.74 Å². The molecule has 0 amide bonds. The lowest BCUT2D eigenvalue weighted by Crippen LogP contribution is -2.03. The lowest BCUT2D eigenvalue weighted by Gasteiger charge is -2.07. The molecule has 0 aliphatic heterocycles. The summed E-state index contributed by atoms with van der Waals surface area (Å²) in [4.78, 5) is 0. The van der Waals surface area contributed by atoms with Crippen molar-refractivity contribution < 1.29 is 4.74 Å². The Morgan fingerprint density at radius 2 is 1.59 bits per heavy atom. The van der Waals surface area contributed by atoms with Gasteiger partial charge in [-0.05, 0) is 36.3 Å². The van der Waals surface area contributed by atoms with Gasteiger partial charge in [-0.3, -0.25) is 0 Å². The maximum absolute atomic E-state index is 5.58. The summed E-state index contributed by atoms with van der Waals surface area (Å²) in [7, 11) is 0. The number of aryl methyl sites for hydroxylation is 2. The average Bonchev–Trinajstić information content (AvgIpc) is 2.31. The molecule has 0 saturated carbocycles. The first-order valence-corrected chi connectivity index (χ1v) is 6.88. The Hall–Kier alpha value is -0.820. The number of rotatable bonds is 8. The van der Waals surface area contributed by atoms with Gasteiger partial charge in [0.05, 0.1) is 0 Å². The lowest BCUT2D eigenvalue weighted by molar-refractivity contribution is 0.108. The molecule has 0 atom stereocenters. The van der Waals surface area contributed by atoms with Crippen LogP contribution in [0.3, 0.4) is 0 Å². The Bertz CT molecular complexity index is 287. The third-order valence-corrected chi connectivity index (χ3v) is 2.77. The van der Waals surface area contributed by atoms with Gasteiger partial charge in [-0.15, -0.1) is 0 Å². The van der Waals surface area contributed by atoms with E-state index in [4.69, 9.17) is 4.74 Å². The van der Waals surface area contributed by atoms with Gasteiger partial charge in [-0.1, -0.05) is 51.5 Å². The fourth-order valence-electron chi connectivity index (χ4n) is 1.86. The Balaban J connectivity index is 2.18. The van der Waals surface area contributed by atoms with E-state index < -0.39 is 0 Å². The first-order valence-electron chi connectivity index (χ1n) is 6.88. The molecule has 1 heteroatoms. The number of benzene rings is 1. The quantitative estimate of drug-likeness (QED) is 0.611. The van der Waals surface area contributed by atoms with Crippen LogP contribution in [0.1, 0.15) is 44.7 Å². The standard InChI is InChI=1S/C16H26O/c1-4-6-15-8-10-16(11-9-15)7-5-12-17-13-14(2)3/h8-11,14H,4-7,12-13H2,1-3H3. The molecule has 1 aromatic rings. The van der Waals surface area contributed by atoms with Crippen LogP contribution in [0.15, 0.2) is 24.3 Å². The minimum Gasteiger partial charge on any atom is -0.381 e. The highest BCUT2D eigenvalue weighted by molar-refractivity contribution is 5.22. The molecule has 17 heavy (non-hydrogen) atoms. The van der Waals surface area contributed by atoms with Crippen LogP contribution in [-0.2, 0) is 17.6 Å². The minimum atomic E-state index is 0.642. The van der Waals surface area contributed by atoms with Gasteiger partial charge in [0.1, 0.15) is 0 Å². The predicted molar refractivity (Wildman–Crippen MR) is 74.4 cm³/mol. The second-order valence-electron chi connectivity index (χ2n) is 5.14. The van der Waals surface area contributed by atoms with Crippen LogP contribution in [0.5, 0.6) is 0 Å². The van der Waals surface area contributed by atoms with Crippen LogP contribution < -0.4 is 0 Å².